The number of amides is 1. The quantitative estimate of drug-likeness (QED) is 0.767. The normalized spacial score (nSPS) is 21.1. The number of benzene rings is 1. The molecular weight excluding hydrogens is 376 g/mol. The van der Waals surface area contributed by atoms with Gasteiger partial charge in [-0.15, -0.1) is 0 Å². The summed E-state index contributed by atoms with van der Waals surface area (Å²) in [6.45, 7) is 2.64. The highest BCUT2D eigenvalue weighted by atomic mass is 32.2. The Hall–Kier alpha value is -2.19. The number of hydrogen-bond donors (Lipinski definition) is 0. The summed E-state index contributed by atoms with van der Waals surface area (Å²) in [7, 11) is -3.56. The molecule has 0 N–H and O–H groups in total. The third-order valence-corrected chi connectivity index (χ3v) is 7.44. The van der Waals surface area contributed by atoms with Gasteiger partial charge in [0, 0.05) is 38.3 Å². The molecular formula is C20H26N4O3S. The standard InChI is InChI=1S/C20H26N4O3S/c25-20(23-12-9-18(13-23)17-7-3-1-4-8-17)15-22-14-19(21-16-22)28(26,27)24-10-5-2-6-11-24/h1,3-4,7-8,14,16,18H,2,5-6,9-13,15H2. The van der Waals surface area contributed by atoms with Crippen LogP contribution in [-0.2, 0) is 21.4 Å². The summed E-state index contributed by atoms with van der Waals surface area (Å²) in [6, 6.07) is 10.2. The fraction of sp³-hybridized carbons (Fsp3) is 0.500. The Morgan fingerprint density at radius 2 is 1.82 bits per heavy atom. The molecule has 2 aromatic rings. The maximum atomic E-state index is 12.7. The van der Waals surface area contributed by atoms with E-state index in [1.165, 1.54) is 22.4 Å². The largest absolute Gasteiger partial charge is 0.341 e. The van der Waals surface area contributed by atoms with Gasteiger partial charge in [-0.05, 0) is 24.8 Å². The van der Waals surface area contributed by atoms with E-state index >= 15 is 0 Å². The lowest BCUT2D eigenvalue weighted by Gasteiger charge is -2.24. The van der Waals surface area contributed by atoms with E-state index in [2.05, 4.69) is 17.1 Å². The number of hydrogen-bond acceptors (Lipinski definition) is 4. The smallest absolute Gasteiger partial charge is 0.262 e. The number of likely N-dealkylation sites (tertiary alicyclic amines) is 1. The molecule has 150 valence electrons. The highest BCUT2D eigenvalue weighted by Gasteiger charge is 2.29. The zero-order chi connectivity index (χ0) is 19.6. The lowest BCUT2D eigenvalue weighted by molar-refractivity contribution is -0.130. The maximum absolute atomic E-state index is 12.7. The molecule has 4 rings (SSSR count). The van der Waals surface area contributed by atoms with Crippen LogP contribution in [0.15, 0.2) is 47.9 Å². The van der Waals surface area contributed by atoms with Crippen LogP contribution in [0.25, 0.3) is 0 Å². The predicted octanol–water partition coefficient (Wildman–Crippen LogP) is 2.07. The minimum absolute atomic E-state index is 0.00208. The second-order valence-electron chi connectivity index (χ2n) is 7.59. The van der Waals surface area contributed by atoms with Crippen molar-refractivity contribution in [1.29, 1.82) is 0 Å². The van der Waals surface area contributed by atoms with Gasteiger partial charge in [0.2, 0.25) is 5.91 Å². The SMILES string of the molecule is O=C(Cn1cnc(S(=O)(=O)N2CCCCC2)c1)N1CCC(c2ccccc2)C1. The molecule has 3 heterocycles. The highest BCUT2D eigenvalue weighted by molar-refractivity contribution is 7.89. The Labute approximate surface area is 166 Å². The Balaban J connectivity index is 1.38. The number of rotatable bonds is 5. The molecule has 1 atom stereocenters. The van der Waals surface area contributed by atoms with Gasteiger partial charge in [0.15, 0.2) is 5.03 Å². The molecule has 1 aromatic heterocycles. The molecule has 0 saturated carbocycles. The van der Waals surface area contributed by atoms with Crippen molar-refractivity contribution >= 4 is 15.9 Å². The van der Waals surface area contributed by atoms with Crippen molar-refractivity contribution in [2.75, 3.05) is 26.2 Å². The van der Waals surface area contributed by atoms with Crippen molar-refractivity contribution in [2.45, 2.75) is 43.2 Å². The molecule has 0 aliphatic carbocycles. The van der Waals surface area contributed by atoms with Crippen molar-refractivity contribution in [3.8, 4) is 0 Å². The van der Waals surface area contributed by atoms with E-state index in [4.69, 9.17) is 0 Å². The van der Waals surface area contributed by atoms with E-state index in [1.54, 1.807) is 4.57 Å². The van der Waals surface area contributed by atoms with Crippen molar-refractivity contribution in [3.63, 3.8) is 0 Å². The van der Waals surface area contributed by atoms with E-state index in [9.17, 15) is 13.2 Å². The van der Waals surface area contributed by atoms with E-state index in [-0.39, 0.29) is 17.5 Å². The number of aromatic nitrogens is 2. The van der Waals surface area contributed by atoms with Crippen molar-refractivity contribution in [3.05, 3.63) is 48.4 Å². The average Bonchev–Trinajstić information content (AvgIpc) is 3.39. The fourth-order valence-electron chi connectivity index (χ4n) is 4.04. The van der Waals surface area contributed by atoms with Crippen LogP contribution in [0.5, 0.6) is 0 Å². The van der Waals surface area contributed by atoms with Crippen LogP contribution in [-0.4, -0.2) is 59.3 Å². The number of carbonyl (C=O) groups excluding carboxylic acids is 1. The van der Waals surface area contributed by atoms with Crippen LogP contribution in [0, 0.1) is 0 Å². The van der Waals surface area contributed by atoms with Gasteiger partial charge >= 0.3 is 0 Å². The summed E-state index contributed by atoms with van der Waals surface area (Å²) < 4.78 is 28.5. The number of nitrogens with zero attached hydrogens (tertiary/aromatic N) is 4. The first-order chi connectivity index (χ1) is 13.5. The summed E-state index contributed by atoms with van der Waals surface area (Å²) >= 11 is 0. The van der Waals surface area contributed by atoms with E-state index in [1.807, 2.05) is 23.1 Å². The fourth-order valence-corrected chi connectivity index (χ4v) is 5.49. The van der Waals surface area contributed by atoms with E-state index in [0.717, 1.165) is 32.2 Å². The molecule has 0 radical (unpaired) electrons. The molecule has 2 aliphatic rings. The Morgan fingerprint density at radius 1 is 1.07 bits per heavy atom. The molecule has 1 amide bonds. The summed E-state index contributed by atoms with van der Waals surface area (Å²) in [6.07, 6.45) is 6.71. The first kappa shape index (κ1) is 19.1. The Bertz CT molecular complexity index is 920. The Kier molecular flexibility index (Phi) is 5.50. The van der Waals surface area contributed by atoms with Gasteiger partial charge in [-0.2, -0.15) is 4.31 Å². The molecule has 0 spiro atoms. The molecule has 1 unspecified atom stereocenters. The minimum atomic E-state index is -3.56. The topological polar surface area (TPSA) is 75.5 Å². The van der Waals surface area contributed by atoms with Gasteiger partial charge < -0.3 is 9.47 Å². The van der Waals surface area contributed by atoms with Gasteiger partial charge in [0.25, 0.3) is 10.0 Å². The molecule has 8 heteroatoms. The molecule has 1 aromatic carbocycles. The van der Waals surface area contributed by atoms with Gasteiger partial charge in [0.05, 0.1) is 6.33 Å². The molecule has 2 saturated heterocycles. The summed E-state index contributed by atoms with van der Waals surface area (Å²) in [5, 5.41) is 0.0331. The third kappa shape index (κ3) is 3.98. The third-order valence-electron chi connectivity index (χ3n) is 5.66. The lowest BCUT2D eigenvalue weighted by atomic mass is 9.99. The van der Waals surface area contributed by atoms with Crippen LogP contribution >= 0.6 is 0 Å². The zero-order valence-electron chi connectivity index (χ0n) is 15.9. The van der Waals surface area contributed by atoms with Crippen LogP contribution in [0.2, 0.25) is 0 Å². The molecule has 28 heavy (non-hydrogen) atoms. The van der Waals surface area contributed by atoms with Gasteiger partial charge in [-0.3, -0.25) is 4.79 Å². The van der Waals surface area contributed by atoms with Crippen molar-refractivity contribution in [2.24, 2.45) is 0 Å². The van der Waals surface area contributed by atoms with E-state index < -0.39 is 10.0 Å². The monoisotopic (exact) mass is 402 g/mol. The van der Waals surface area contributed by atoms with Crippen molar-refractivity contribution in [1.82, 2.24) is 18.8 Å². The minimum Gasteiger partial charge on any atom is -0.341 e. The first-order valence-electron chi connectivity index (χ1n) is 9.89. The Morgan fingerprint density at radius 3 is 2.57 bits per heavy atom. The molecule has 0 bridgehead atoms. The lowest BCUT2D eigenvalue weighted by Crippen LogP contribution is -2.35. The molecule has 2 aliphatic heterocycles. The predicted molar refractivity (Wildman–Crippen MR) is 105 cm³/mol. The van der Waals surface area contributed by atoms with Crippen LogP contribution < -0.4 is 0 Å². The van der Waals surface area contributed by atoms with Gasteiger partial charge in [-0.25, -0.2) is 13.4 Å². The van der Waals surface area contributed by atoms with Crippen molar-refractivity contribution < 1.29 is 13.2 Å². The van der Waals surface area contributed by atoms with Gasteiger partial charge in [0.1, 0.15) is 6.54 Å². The summed E-state index contributed by atoms with van der Waals surface area (Å²) in [4.78, 5) is 18.6. The number of piperidine rings is 1. The number of imidazole rings is 1. The average molecular weight is 403 g/mol. The second kappa shape index (κ2) is 8.05. The van der Waals surface area contributed by atoms with Crippen LogP contribution in [0.3, 0.4) is 0 Å². The second-order valence-corrected chi connectivity index (χ2v) is 9.47. The first-order valence-corrected chi connectivity index (χ1v) is 11.3. The van der Waals surface area contributed by atoms with E-state index in [0.29, 0.717) is 25.6 Å². The molecule has 7 nitrogen and oxygen atoms in total. The zero-order valence-corrected chi connectivity index (χ0v) is 16.7. The van der Waals surface area contributed by atoms with Crippen LogP contribution in [0.4, 0.5) is 0 Å². The molecule has 2 fully saturated rings. The van der Waals surface area contributed by atoms with Gasteiger partial charge in [-0.1, -0.05) is 36.8 Å². The summed E-state index contributed by atoms with van der Waals surface area (Å²) in [5.41, 5.74) is 1.26. The highest BCUT2D eigenvalue weighted by Crippen LogP contribution is 2.27. The maximum Gasteiger partial charge on any atom is 0.262 e. The number of sulfonamides is 1. The van der Waals surface area contributed by atoms with Crippen LogP contribution in [0.1, 0.15) is 37.2 Å². The number of carbonyl (C=O) groups is 1. The summed E-state index contributed by atoms with van der Waals surface area (Å²) in [5.74, 6) is 0.362.